The van der Waals surface area contributed by atoms with Crippen molar-refractivity contribution in [1.29, 1.82) is 0 Å². The summed E-state index contributed by atoms with van der Waals surface area (Å²) in [6.07, 6.45) is 0. The van der Waals surface area contributed by atoms with Crippen molar-refractivity contribution >= 4 is 25.9 Å². The average Bonchev–Trinajstić information content (AvgIpc) is 2.53. The lowest BCUT2D eigenvalue weighted by Gasteiger charge is -2.17. The molecule has 0 saturated heterocycles. The number of carbonyl (C=O) groups excluding carboxylic acids is 3. The molecule has 1 aromatic rings. The van der Waals surface area contributed by atoms with Crippen LogP contribution in [0.1, 0.15) is 20.7 Å². The van der Waals surface area contributed by atoms with E-state index in [1.54, 1.807) is 24.3 Å². The third kappa shape index (κ3) is 2.73. The Hall–Kier alpha value is -1.95. The molecule has 2 amide bonds. The second-order valence-electron chi connectivity index (χ2n) is 5.65. The second kappa shape index (κ2) is 4.62. The monoisotopic (exact) mass is 277 g/mol. The molecule has 1 aromatic carbocycles. The van der Waals surface area contributed by atoms with Gasteiger partial charge in [-0.1, -0.05) is 36.8 Å². The van der Waals surface area contributed by atoms with Crippen molar-refractivity contribution in [2.75, 3.05) is 0 Å². The van der Waals surface area contributed by atoms with Crippen molar-refractivity contribution < 1.29 is 19.2 Å². The number of amides is 2. The highest BCUT2D eigenvalue weighted by Crippen LogP contribution is 2.23. The van der Waals surface area contributed by atoms with Gasteiger partial charge in [0.2, 0.25) is 0 Å². The first kappa shape index (κ1) is 13.5. The molecular formula is C13H15NO4Si. The van der Waals surface area contributed by atoms with Gasteiger partial charge < -0.3 is 4.84 Å². The maximum Gasteiger partial charge on any atom is 0.330 e. The van der Waals surface area contributed by atoms with E-state index >= 15 is 0 Å². The number of rotatable bonds is 3. The summed E-state index contributed by atoms with van der Waals surface area (Å²) in [6, 6.07) is 6.68. The van der Waals surface area contributed by atoms with Crippen LogP contribution in [0, 0.1) is 0 Å². The third-order valence-electron chi connectivity index (χ3n) is 2.62. The normalized spacial score (nSPS) is 14.6. The molecule has 2 rings (SSSR count). The number of carbonyl (C=O) groups is 3. The first-order valence-corrected chi connectivity index (χ1v) is 9.69. The highest BCUT2D eigenvalue weighted by molar-refractivity contribution is 6.78. The molecule has 0 atom stereocenters. The van der Waals surface area contributed by atoms with Crippen LogP contribution in [0.2, 0.25) is 25.7 Å². The van der Waals surface area contributed by atoms with E-state index in [9.17, 15) is 14.4 Å². The highest BCUT2D eigenvalue weighted by Gasteiger charge is 2.39. The third-order valence-corrected chi connectivity index (χ3v) is 3.97. The predicted molar refractivity (Wildman–Crippen MR) is 71.2 cm³/mol. The van der Waals surface area contributed by atoms with E-state index in [2.05, 4.69) is 0 Å². The van der Waals surface area contributed by atoms with Crippen molar-refractivity contribution in [3.63, 3.8) is 0 Å². The molecule has 1 heterocycles. The number of hydroxylamine groups is 2. The number of nitrogens with zero attached hydrogens (tertiary/aromatic N) is 1. The maximum atomic E-state index is 11.9. The number of hydrogen-bond donors (Lipinski definition) is 0. The molecule has 19 heavy (non-hydrogen) atoms. The van der Waals surface area contributed by atoms with E-state index in [1.165, 1.54) is 0 Å². The smallest absolute Gasteiger partial charge is 0.330 e. The topological polar surface area (TPSA) is 63.7 Å². The largest absolute Gasteiger partial charge is 0.330 e. The summed E-state index contributed by atoms with van der Waals surface area (Å²) in [4.78, 5) is 40.5. The molecule has 6 heteroatoms. The molecule has 100 valence electrons. The van der Waals surface area contributed by atoms with Crippen LogP contribution in [-0.2, 0) is 9.63 Å². The summed E-state index contributed by atoms with van der Waals surface area (Å²) >= 11 is 0. The quantitative estimate of drug-likeness (QED) is 0.627. The standard InChI is InChI=1S/C13H15NO4Si/c1-19(2,3)8-11(15)18-14-12(16)9-6-4-5-7-10(9)13(14)17/h4-7H,8H2,1-3H3. The van der Waals surface area contributed by atoms with Gasteiger partial charge in [-0.3, -0.25) is 9.59 Å². The van der Waals surface area contributed by atoms with Crippen LogP contribution < -0.4 is 0 Å². The Bertz CT molecular complexity index is 527. The molecule has 0 aliphatic carbocycles. The molecule has 0 saturated carbocycles. The van der Waals surface area contributed by atoms with Crippen molar-refractivity contribution in [3.8, 4) is 0 Å². The molecule has 0 aromatic heterocycles. The fraction of sp³-hybridized carbons (Fsp3) is 0.308. The Balaban J connectivity index is 2.15. The minimum Gasteiger partial charge on any atom is -0.330 e. The fourth-order valence-electron chi connectivity index (χ4n) is 1.82. The number of fused-ring (bicyclic) bond motifs is 1. The van der Waals surface area contributed by atoms with Gasteiger partial charge >= 0.3 is 5.97 Å². The summed E-state index contributed by atoms with van der Waals surface area (Å²) in [7, 11) is -1.64. The zero-order chi connectivity index (χ0) is 14.2. The van der Waals surface area contributed by atoms with Crippen LogP contribution in [0.25, 0.3) is 0 Å². The Labute approximate surface area is 112 Å². The minimum atomic E-state index is -1.64. The molecule has 0 radical (unpaired) electrons. The van der Waals surface area contributed by atoms with Crippen LogP contribution in [0.15, 0.2) is 24.3 Å². The first-order valence-electron chi connectivity index (χ1n) is 5.98. The van der Waals surface area contributed by atoms with Gasteiger partial charge in [0, 0.05) is 6.04 Å². The number of imide groups is 1. The molecule has 0 spiro atoms. The first-order chi connectivity index (χ1) is 8.79. The molecule has 1 aliphatic heterocycles. The zero-order valence-corrected chi connectivity index (χ0v) is 12.1. The summed E-state index contributed by atoms with van der Waals surface area (Å²) in [6.45, 7) is 6.03. The summed E-state index contributed by atoms with van der Waals surface area (Å²) in [5, 5.41) is 0.563. The minimum absolute atomic E-state index is 0.264. The molecule has 0 N–H and O–H groups in total. The van der Waals surface area contributed by atoms with Crippen molar-refractivity contribution in [2.45, 2.75) is 25.7 Å². The summed E-state index contributed by atoms with van der Waals surface area (Å²) in [5.41, 5.74) is 0.543. The van der Waals surface area contributed by atoms with E-state index in [0.29, 0.717) is 5.06 Å². The molecule has 0 bridgehead atoms. The van der Waals surface area contributed by atoms with E-state index in [1.807, 2.05) is 19.6 Å². The van der Waals surface area contributed by atoms with E-state index in [0.717, 1.165) is 0 Å². The Morgan fingerprint density at radius 2 is 1.58 bits per heavy atom. The van der Waals surface area contributed by atoms with Crippen molar-refractivity contribution in [1.82, 2.24) is 5.06 Å². The molecule has 0 unspecified atom stereocenters. The van der Waals surface area contributed by atoms with Crippen LogP contribution in [0.5, 0.6) is 0 Å². The number of benzene rings is 1. The van der Waals surface area contributed by atoms with E-state index < -0.39 is 25.9 Å². The van der Waals surface area contributed by atoms with Gasteiger partial charge in [0.15, 0.2) is 0 Å². The summed E-state index contributed by atoms with van der Waals surface area (Å²) in [5.74, 6) is -1.69. The molecule has 0 fully saturated rings. The summed E-state index contributed by atoms with van der Waals surface area (Å²) < 4.78 is 0. The Morgan fingerprint density at radius 1 is 1.11 bits per heavy atom. The van der Waals surface area contributed by atoms with Crippen LogP contribution in [-0.4, -0.2) is 30.9 Å². The Kier molecular flexibility index (Phi) is 3.28. The van der Waals surface area contributed by atoms with E-state index in [-0.39, 0.29) is 17.2 Å². The lowest BCUT2D eigenvalue weighted by atomic mass is 10.1. The molecule has 5 nitrogen and oxygen atoms in total. The lowest BCUT2D eigenvalue weighted by Crippen LogP contribution is -2.35. The SMILES string of the molecule is C[Si](C)(C)CC(=O)ON1C(=O)c2ccccc2C1=O. The van der Waals surface area contributed by atoms with Crippen LogP contribution in [0.4, 0.5) is 0 Å². The molecular weight excluding hydrogens is 262 g/mol. The van der Waals surface area contributed by atoms with Crippen molar-refractivity contribution in [2.24, 2.45) is 0 Å². The molecule has 1 aliphatic rings. The maximum absolute atomic E-state index is 11.9. The van der Waals surface area contributed by atoms with Crippen molar-refractivity contribution in [3.05, 3.63) is 35.4 Å². The second-order valence-corrected chi connectivity index (χ2v) is 11.1. The van der Waals surface area contributed by atoms with Gasteiger partial charge in [0.1, 0.15) is 0 Å². The number of hydrogen-bond acceptors (Lipinski definition) is 4. The fourth-order valence-corrected chi connectivity index (χ4v) is 2.75. The van der Waals surface area contributed by atoms with Gasteiger partial charge in [0.05, 0.1) is 19.2 Å². The average molecular weight is 277 g/mol. The van der Waals surface area contributed by atoms with Gasteiger partial charge in [0.25, 0.3) is 11.8 Å². The lowest BCUT2D eigenvalue weighted by molar-refractivity contribution is -0.165. The van der Waals surface area contributed by atoms with Gasteiger partial charge in [-0.05, 0) is 12.1 Å². The van der Waals surface area contributed by atoms with E-state index in [4.69, 9.17) is 4.84 Å². The van der Waals surface area contributed by atoms with Gasteiger partial charge in [-0.25, -0.2) is 4.79 Å². The van der Waals surface area contributed by atoms with Crippen LogP contribution in [0.3, 0.4) is 0 Å². The zero-order valence-electron chi connectivity index (χ0n) is 11.1. The predicted octanol–water partition coefficient (Wildman–Crippen LogP) is 2.08. The van der Waals surface area contributed by atoms with Gasteiger partial charge in [-0.2, -0.15) is 0 Å². The van der Waals surface area contributed by atoms with Crippen LogP contribution >= 0.6 is 0 Å². The van der Waals surface area contributed by atoms with Gasteiger partial charge in [-0.15, -0.1) is 0 Å². The Morgan fingerprint density at radius 3 is 2.00 bits per heavy atom. The highest BCUT2D eigenvalue weighted by atomic mass is 28.3.